The van der Waals surface area contributed by atoms with Crippen LogP contribution in [0.3, 0.4) is 0 Å². The summed E-state index contributed by atoms with van der Waals surface area (Å²) in [5.41, 5.74) is 0.714. The lowest BCUT2D eigenvalue weighted by Crippen LogP contribution is -2.40. The van der Waals surface area contributed by atoms with Crippen LogP contribution in [-0.4, -0.2) is 34.9 Å². The Balaban J connectivity index is 1.21. The number of anilines is 3. The number of halogens is 4. The third kappa shape index (κ3) is 5.54. The first-order valence-corrected chi connectivity index (χ1v) is 12.3. The molecule has 0 atom stereocenters. The minimum atomic E-state index is -4.89. The molecule has 5 rings (SSSR count). The first kappa shape index (κ1) is 26.1. The Morgan fingerprint density at radius 1 is 1.08 bits per heavy atom. The minimum absolute atomic E-state index is 0.125. The van der Waals surface area contributed by atoms with Crippen molar-refractivity contribution in [2.45, 2.75) is 25.9 Å². The van der Waals surface area contributed by atoms with Gasteiger partial charge in [-0.3, -0.25) is 14.5 Å². The van der Waals surface area contributed by atoms with Gasteiger partial charge in [-0.25, -0.2) is 9.37 Å². The molecule has 4 aromatic rings. The fraction of sp³-hybridized carbons (Fsp3) is 0.259. The van der Waals surface area contributed by atoms with E-state index in [2.05, 4.69) is 30.5 Å². The molecule has 1 aliphatic rings. The number of rotatable bonds is 5. The van der Waals surface area contributed by atoms with Gasteiger partial charge in [-0.1, -0.05) is 11.1 Å². The van der Waals surface area contributed by atoms with Crippen molar-refractivity contribution in [2.24, 2.45) is 5.92 Å². The molecule has 0 unspecified atom stereocenters. The Morgan fingerprint density at radius 3 is 2.56 bits per heavy atom. The van der Waals surface area contributed by atoms with Crippen LogP contribution in [-0.2, 0) is 11.0 Å². The number of nitrogens with one attached hydrogen (secondary N) is 4. The summed E-state index contributed by atoms with van der Waals surface area (Å²) < 4.78 is 52.5. The van der Waals surface area contributed by atoms with Crippen LogP contribution in [0.4, 0.5) is 34.8 Å². The smallest absolute Gasteiger partial charge is 0.332 e. The summed E-state index contributed by atoms with van der Waals surface area (Å²) >= 11 is 0. The van der Waals surface area contributed by atoms with E-state index >= 15 is 0 Å². The molecule has 4 N–H and O–H groups in total. The number of hydrogen-bond acceptors (Lipinski definition) is 4. The third-order valence-electron chi connectivity index (χ3n) is 6.79. The Labute approximate surface area is 220 Å². The number of H-pyrrole nitrogens is 2. The first-order chi connectivity index (χ1) is 18.6. The average Bonchev–Trinajstić information content (AvgIpc) is 3.30. The van der Waals surface area contributed by atoms with Crippen molar-refractivity contribution in [3.63, 3.8) is 0 Å². The van der Waals surface area contributed by atoms with E-state index in [1.807, 2.05) is 13.1 Å². The highest BCUT2D eigenvalue weighted by Crippen LogP contribution is 2.33. The van der Waals surface area contributed by atoms with Crippen molar-refractivity contribution in [2.75, 3.05) is 28.6 Å². The molecule has 2 aromatic carbocycles. The second-order valence-electron chi connectivity index (χ2n) is 9.42. The summed E-state index contributed by atoms with van der Waals surface area (Å²) in [5.74, 6) is -1.58. The first-order valence-electron chi connectivity index (χ1n) is 12.3. The number of amides is 2. The molecule has 0 aliphatic carbocycles. The van der Waals surface area contributed by atoms with Crippen LogP contribution in [0, 0.1) is 18.7 Å². The van der Waals surface area contributed by atoms with Crippen LogP contribution in [0.5, 0.6) is 0 Å². The molecule has 0 radical (unpaired) electrons. The van der Waals surface area contributed by atoms with Crippen LogP contribution in [0.25, 0.3) is 11.0 Å². The number of aryl methyl sites for hydroxylation is 1. The van der Waals surface area contributed by atoms with E-state index in [9.17, 15) is 27.2 Å². The zero-order chi connectivity index (χ0) is 27.7. The molecule has 1 fully saturated rings. The maximum absolute atomic E-state index is 13.5. The van der Waals surface area contributed by atoms with E-state index in [0.717, 1.165) is 28.5 Å². The molecule has 202 valence electrons. The van der Waals surface area contributed by atoms with Gasteiger partial charge in [0.25, 0.3) is 5.91 Å². The summed E-state index contributed by atoms with van der Waals surface area (Å²) in [7, 11) is 0. The van der Waals surface area contributed by atoms with Crippen LogP contribution >= 0.6 is 0 Å². The molecule has 0 bridgehead atoms. The number of carbonyl (C=O) groups is 2. The van der Waals surface area contributed by atoms with Crippen molar-refractivity contribution >= 4 is 40.0 Å². The Morgan fingerprint density at radius 2 is 1.82 bits per heavy atom. The number of hydrogen-bond donors (Lipinski definition) is 3. The average molecular weight is 542 g/mol. The molecular formula is C27H25F4N6O2+. The highest BCUT2D eigenvalue weighted by molar-refractivity contribution is 6.05. The van der Waals surface area contributed by atoms with E-state index in [1.54, 1.807) is 18.5 Å². The molecule has 1 aliphatic heterocycles. The summed E-state index contributed by atoms with van der Waals surface area (Å²) in [6.07, 6.45) is -0.0999. The van der Waals surface area contributed by atoms with Gasteiger partial charge in [0.05, 0.1) is 18.7 Å². The zero-order valence-electron chi connectivity index (χ0n) is 20.8. The number of fused-ring (bicyclic) bond motifs is 1. The lowest BCUT2D eigenvalue weighted by atomic mass is 9.95. The molecule has 12 heteroatoms. The fourth-order valence-electron chi connectivity index (χ4n) is 4.76. The standard InChI is InChI=1S/C27H24F4N6O2/c1-15-13-32-23-22(15)24(34-14-33-23)37-9-7-16(8-10-37)25(38)35-18-4-2-3-17(11-18)26(39)36-19-5-6-21(28)20(12-19)27(29,30)31/h2-6,11-14,16H,7-10H2,1H3,(H,35,38)(H,36,39)(H,32,33,34)/p+1. The van der Waals surface area contributed by atoms with Crippen molar-refractivity contribution in [1.82, 2.24) is 9.97 Å². The lowest BCUT2D eigenvalue weighted by molar-refractivity contribution is -0.367. The minimum Gasteiger partial charge on any atom is -0.332 e. The normalized spacial score (nSPS) is 14.4. The highest BCUT2D eigenvalue weighted by atomic mass is 19.4. The Kier molecular flexibility index (Phi) is 6.94. The van der Waals surface area contributed by atoms with Gasteiger partial charge >= 0.3 is 6.18 Å². The molecule has 1 saturated heterocycles. The van der Waals surface area contributed by atoms with Crippen molar-refractivity contribution < 1.29 is 32.1 Å². The third-order valence-corrected chi connectivity index (χ3v) is 6.79. The molecular weight excluding hydrogens is 516 g/mol. The monoisotopic (exact) mass is 541 g/mol. The van der Waals surface area contributed by atoms with Crippen LogP contribution in [0.15, 0.2) is 55.0 Å². The molecule has 3 heterocycles. The summed E-state index contributed by atoms with van der Waals surface area (Å²) in [6.45, 7) is 3.34. The van der Waals surface area contributed by atoms with E-state index in [4.69, 9.17) is 0 Å². The lowest BCUT2D eigenvalue weighted by Gasteiger charge is -2.28. The molecule has 39 heavy (non-hydrogen) atoms. The quantitative estimate of drug-likeness (QED) is 0.311. The van der Waals surface area contributed by atoms with Gasteiger partial charge in [0.15, 0.2) is 0 Å². The number of carbonyl (C=O) groups excluding carboxylic acids is 2. The predicted octanol–water partition coefficient (Wildman–Crippen LogP) is 4.95. The van der Waals surface area contributed by atoms with Crippen LogP contribution < -0.4 is 20.5 Å². The topological polar surface area (TPSA) is 104 Å². The van der Waals surface area contributed by atoms with E-state index in [-0.39, 0.29) is 23.1 Å². The largest absolute Gasteiger partial charge is 0.419 e. The Bertz CT molecular complexity index is 1540. The van der Waals surface area contributed by atoms with Gasteiger partial charge in [-0.05, 0) is 61.7 Å². The SMILES string of the molecule is Cc1c[nH]c2nc[nH+]c(N3CCC(C(=O)Nc4cccc(C(=O)Nc5ccc(F)c(C(F)(F)F)c5)c4)CC3)c12. The molecule has 2 aromatic heterocycles. The van der Waals surface area contributed by atoms with Gasteiger partial charge in [0.1, 0.15) is 11.2 Å². The summed E-state index contributed by atoms with van der Waals surface area (Å²) in [4.78, 5) is 38.5. The van der Waals surface area contributed by atoms with Crippen molar-refractivity contribution in [3.8, 4) is 0 Å². The molecule has 2 amide bonds. The van der Waals surface area contributed by atoms with Gasteiger partial charge in [0.2, 0.25) is 23.7 Å². The second kappa shape index (κ2) is 10.4. The van der Waals surface area contributed by atoms with Crippen molar-refractivity contribution in [1.29, 1.82) is 0 Å². The highest BCUT2D eigenvalue weighted by Gasteiger charge is 2.34. The fourth-order valence-corrected chi connectivity index (χ4v) is 4.76. The summed E-state index contributed by atoms with van der Waals surface area (Å²) in [5, 5.41) is 6.20. The Hall–Kier alpha value is -4.48. The number of aromatic amines is 2. The van der Waals surface area contributed by atoms with Crippen LogP contribution in [0.1, 0.15) is 34.3 Å². The number of aromatic nitrogens is 3. The second-order valence-corrected chi connectivity index (χ2v) is 9.42. The van der Waals surface area contributed by atoms with Gasteiger partial charge < -0.3 is 15.6 Å². The number of piperidine rings is 1. The number of alkyl halides is 3. The molecule has 0 spiro atoms. The van der Waals surface area contributed by atoms with E-state index < -0.39 is 23.5 Å². The van der Waals surface area contributed by atoms with Crippen LogP contribution in [0.2, 0.25) is 0 Å². The zero-order valence-corrected chi connectivity index (χ0v) is 20.8. The predicted molar refractivity (Wildman–Crippen MR) is 137 cm³/mol. The van der Waals surface area contributed by atoms with Gasteiger partial charge in [0, 0.05) is 29.1 Å². The van der Waals surface area contributed by atoms with E-state index in [1.165, 1.54) is 12.1 Å². The van der Waals surface area contributed by atoms with E-state index in [0.29, 0.717) is 43.8 Å². The maximum atomic E-state index is 13.5. The van der Waals surface area contributed by atoms with Gasteiger partial charge in [-0.15, -0.1) is 0 Å². The van der Waals surface area contributed by atoms with Gasteiger partial charge in [-0.2, -0.15) is 13.2 Å². The number of benzene rings is 2. The number of nitrogens with zero attached hydrogens (tertiary/aromatic N) is 2. The molecule has 0 saturated carbocycles. The molecule has 8 nitrogen and oxygen atoms in total. The maximum Gasteiger partial charge on any atom is 0.419 e. The van der Waals surface area contributed by atoms with Crippen molar-refractivity contribution in [3.05, 3.63) is 77.5 Å². The summed E-state index contributed by atoms with van der Waals surface area (Å²) in [6, 6.07) is 8.32.